The Kier molecular flexibility index (Phi) is 6.31. The van der Waals surface area contributed by atoms with Gasteiger partial charge in [-0.3, -0.25) is 14.9 Å². The van der Waals surface area contributed by atoms with Gasteiger partial charge in [0.05, 0.1) is 16.7 Å². The number of nitrogens with one attached hydrogen (secondary N) is 1. The van der Waals surface area contributed by atoms with Crippen LogP contribution >= 0.6 is 0 Å². The van der Waals surface area contributed by atoms with Gasteiger partial charge in [-0.2, -0.15) is 0 Å². The Hall–Kier alpha value is -3.20. The van der Waals surface area contributed by atoms with Crippen molar-refractivity contribution in [1.82, 2.24) is 0 Å². The summed E-state index contributed by atoms with van der Waals surface area (Å²) in [5.74, 6) is -0.799. The number of amides is 1. The predicted octanol–water partition coefficient (Wildman–Crippen LogP) is 4.14. The van der Waals surface area contributed by atoms with E-state index in [1.54, 1.807) is 12.1 Å². The van der Waals surface area contributed by atoms with E-state index in [9.17, 15) is 19.3 Å². The minimum atomic E-state index is -0.580. The zero-order chi connectivity index (χ0) is 21.8. The average Bonchev–Trinajstić information content (AvgIpc) is 3.47. The number of carbonyl (C=O) groups excluding carboxylic acids is 1. The number of hydrogen-bond acceptors (Lipinski definition) is 6. The molecule has 0 aromatic heterocycles. The molecule has 0 radical (unpaired) electrons. The number of rotatable bonds is 7. The highest BCUT2D eigenvalue weighted by Crippen LogP contribution is 2.32. The number of nitro benzene ring substituents is 1. The molecule has 9 heteroatoms. The van der Waals surface area contributed by atoms with Crippen molar-refractivity contribution in [3.8, 4) is 5.75 Å². The fraction of sp³-hybridized carbons (Fsp3) is 0.409. The first-order valence-corrected chi connectivity index (χ1v) is 10.4. The van der Waals surface area contributed by atoms with Crippen LogP contribution in [0.3, 0.4) is 0 Å². The molecule has 8 nitrogen and oxygen atoms in total. The highest BCUT2D eigenvalue weighted by Gasteiger charge is 2.24. The van der Waals surface area contributed by atoms with E-state index in [4.69, 9.17) is 9.47 Å². The summed E-state index contributed by atoms with van der Waals surface area (Å²) in [6, 6.07) is 8.25. The zero-order valence-corrected chi connectivity index (χ0v) is 17.0. The normalized spacial score (nSPS) is 18.2. The van der Waals surface area contributed by atoms with Crippen LogP contribution in [0.4, 0.5) is 21.5 Å². The molecule has 2 aromatic rings. The van der Waals surface area contributed by atoms with Crippen molar-refractivity contribution in [2.75, 3.05) is 36.5 Å². The van der Waals surface area contributed by atoms with Crippen molar-refractivity contribution in [2.45, 2.75) is 31.8 Å². The fourth-order valence-corrected chi connectivity index (χ4v) is 3.92. The number of ether oxygens (including phenoxy) is 2. The van der Waals surface area contributed by atoms with Crippen molar-refractivity contribution in [2.24, 2.45) is 0 Å². The molecule has 1 N–H and O–H groups in total. The molecule has 2 heterocycles. The van der Waals surface area contributed by atoms with Gasteiger partial charge in [0.25, 0.3) is 11.6 Å². The first-order valence-electron chi connectivity index (χ1n) is 10.4. The van der Waals surface area contributed by atoms with Gasteiger partial charge in [0.15, 0.2) is 0 Å². The van der Waals surface area contributed by atoms with Crippen molar-refractivity contribution in [3.05, 3.63) is 57.9 Å². The lowest BCUT2D eigenvalue weighted by molar-refractivity contribution is -0.384. The van der Waals surface area contributed by atoms with Gasteiger partial charge in [-0.1, -0.05) is 0 Å². The van der Waals surface area contributed by atoms with E-state index in [0.717, 1.165) is 44.8 Å². The van der Waals surface area contributed by atoms with Crippen LogP contribution in [0.2, 0.25) is 0 Å². The summed E-state index contributed by atoms with van der Waals surface area (Å²) in [7, 11) is 0. The van der Waals surface area contributed by atoms with Gasteiger partial charge in [-0.15, -0.1) is 0 Å². The van der Waals surface area contributed by atoms with Gasteiger partial charge in [0, 0.05) is 37.4 Å². The number of nitrogens with zero attached hydrogens (tertiary/aromatic N) is 2. The molecule has 2 aromatic carbocycles. The van der Waals surface area contributed by atoms with Crippen LogP contribution in [0, 0.1) is 15.9 Å². The molecule has 1 atom stereocenters. The van der Waals surface area contributed by atoms with Crippen LogP contribution in [-0.2, 0) is 4.74 Å². The minimum absolute atomic E-state index is 0.0330. The number of halogens is 1. The molecular formula is C22H24FN3O5. The third-order valence-electron chi connectivity index (χ3n) is 5.52. The quantitative estimate of drug-likeness (QED) is 0.525. The molecule has 164 valence electrons. The maximum Gasteiger partial charge on any atom is 0.293 e. The highest BCUT2D eigenvalue weighted by molar-refractivity contribution is 6.05. The van der Waals surface area contributed by atoms with Crippen LogP contribution in [0.5, 0.6) is 5.75 Å². The van der Waals surface area contributed by atoms with E-state index >= 15 is 0 Å². The second-order valence-electron chi connectivity index (χ2n) is 7.70. The monoisotopic (exact) mass is 429 g/mol. The summed E-state index contributed by atoms with van der Waals surface area (Å²) in [5.41, 5.74) is 0.660. The molecule has 4 rings (SSSR count). The molecule has 0 bridgehead atoms. The van der Waals surface area contributed by atoms with Gasteiger partial charge < -0.3 is 19.7 Å². The van der Waals surface area contributed by atoms with Crippen molar-refractivity contribution in [1.29, 1.82) is 0 Å². The molecule has 2 aliphatic rings. The Morgan fingerprint density at radius 2 is 2.03 bits per heavy atom. The molecule has 31 heavy (non-hydrogen) atoms. The standard InChI is InChI=1S/C22H24FN3O5/c23-16-6-8-21(31-14-17-4-3-11-30-17)18(13-16)24-22(27)15-5-7-19(20(12-15)26(28)29)25-9-1-2-10-25/h5-8,12-13,17H,1-4,9-11,14H2,(H,24,27). The number of nitro groups is 1. The lowest BCUT2D eigenvalue weighted by atomic mass is 10.1. The molecule has 2 aliphatic heterocycles. The third-order valence-corrected chi connectivity index (χ3v) is 5.52. The molecule has 1 unspecified atom stereocenters. The molecule has 1 amide bonds. The summed E-state index contributed by atoms with van der Waals surface area (Å²) in [5, 5.41) is 14.2. The summed E-state index contributed by atoms with van der Waals surface area (Å²) in [6.07, 6.45) is 3.78. The Labute approximate surface area is 179 Å². The number of benzene rings is 2. The van der Waals surface area contributed by atoms with E-state index in [1.807, 2.05) is 4.90 Å². The lowest BCUT2D eigenvalue weighted by Crippen LogP contribution is -2.20. The highest BCUT2D eigenvalue weighted by atomic mass is 19.1. The van der Waals surface area contributed by atoms with E-state index < -0.39 is 16.6 Å². The van der Waals surface area contributed by atoms with Crippen LogP contribution < -0.4 is 15.0 Å². The summed E-state index contributed by atoms with van der Waals surface area (Å²) < 4.78 is 25.1. The Balaban J connectivity index is 1.52. The number of carbonyl (C=O) groups is 1. The fourth-order valence-electron chi connectivity index (χ4n) is 3.92. The van der Waals surface area contributed by atoms with Crippen LogP contribution in [0.1, 0.15) is 36.0 Å². The summed E-state index contributed by atoms with van der Waals surface area (Å²) >= 11 is 0. The van der Waals surface area contributed by atoms with Gasteiger partial charge in [-0.05, 0) is 49.9 Å². The first kappa shape index (κ1) is 21.0. The SMILES string of the molecule is O=C(Nc1cc(F)ccc1OCC1CCCO1)c1ccc(N2CCCC2)c([N+](=O)[O-])c1. The molecule has 0 saturated carbocycles. The first-order chi connectivity index (χ1) is 15.0. The maximum absolute atomic E-state index is 13.8. The Morgan fingerprint density at radius 1 is 1.23 bits per heavy atom. The van der Waals surface area contributed by atoms with Crippen LogP contribution in [-0.4, -0.2) is 43.2 Å². The minimum Gasteiger partial charge on any atom is -0.489 e. The van der Waals surface area contributed by atoms with Gasteiger partial charge in [-0.25, -0.2) is 4.39 Å². The van der Waals surface area contributed by atoms with E-state index in [0.29, 0.717) is 24.7 Å². The van der Waals surface area contributed by atoms with Crippen molar-refractivity contribution < 1.29 is 23.6 Å². The summed E-state index contributed by atoms with van der Waals surface area (Å²) in [6.45, 7) is 2.49. The topological polar surface area (TPSA) is 93.9 Å². The second-order valence-corrected chi connectivity index (χ2v) is 7.70. The van der Waals surface area contributed by atoms with E-state index in [1.165, 1.54) is 18.2 Å². The van der Waals surface area contributed by atoms with Gasteiger partial charge >= 0.3 is 0 Å². The zero-order valence-electron chi connectivity index (χ0n) is 17.0. The van der Waals surface area contributed by atoms with Crippen molar-refractivity contribution >= 4 is 23.0 Å². The molecule has 2 saturated heterocycles. The Morgan fingerprint density at radius 3 is 2.74 bits per heavy atom. The summed E-state index contributed by atoms with van der Waals surface area (Å²) in [4.78, 5) is 25.8. The predicted molar refractivity (Wildman–Crippen MR) is 113 cm³/mol. The maximum atomic E-state index is 13.8. The largest absolute Gasteiger partial charge is 0.489 e. The number of hydrogen-bond donors (Lipinski definition) is 1. The second kappa shape index (κ2) is 9.30. The van der Waals surface area contributed by atoms with Gasteiger partial charge in [0.2, 0.25) is 0 Å². The third kappa shape index (κ3) is 4.93. The lowest BCUT2D eigenvalue weighted by Gasteiger charge is -2.18. The van der Waals surface area contributed by atoms with E-state index in [-0.39, 0.29) is 23.0 Å². The van der Waals surface area contributed by atoms with Crippen molar-refractivity contribution in [3.63, 3.8) is 0 Å². The molecule has 0 aliphatic carbocycles. The van der Waals surface area contributed by atoms with E-state index in [2.05, 4.69) is 5.32 Å². The molecule has 0 spiro atoms. The van der Waals surface area contributed by atoms with Gasteiger partial charge in [0.1, 0.15) is 23.9 Å². The van der Waals surface area contributed by atoms with Crippen LogP contribution in [0.25, 0.3) is 0 Å². The molecular weight excluding hydrogens is 405 g/mol. The Bertz CT molecular complexity index is 972. The average molecular weight is 429 g/mol. The smallest absolute Gasteiger partial charge is 0.293 e. The van der Waals surface area contributed by atoms with Crippen LogP contribution in [0.15, 0.2) is 36.4 Å². The number of anilines is 2. The molecule has 2 fully saturated rings.